The average molecular weight is 440 g/mol. The molecular weight excluding hydrogens is 426 g/mol. The Labute approximate surface area is 178 Å². The van der Waals surface area contributed by atoms with E-state index in [0.29, 0.717) is 16.1 Å². The Balaban J connectivity index is 1.88. The lowest BCUT2D eigenvalue weighted by molar-refractivity contribution is -0.126. The normalized spacial score (nSPS) is 19.4. The van der Waals surface area contributed by atoms with Crippen LogP contribution in [0.25, 0.3) is 11.1 Å². The van der Waals surface area contributed by atoms with Gasteiger partial charge in [-0.3, -0.25) is 9.59 Å². The molecule has 1 unspecified atom stereocenters. The minimum Gasteiger partial charge on any atom is -0.477 e. The van der Waals surface area contributed by atoms with E-state index in [1.165, 1.54) is 48.3 Å². The molecule has 0 saturated heterocycles. The van der Waals surface area contributed by atoms with Crippen molar-refractivity contribution in [2.24, 2.45) is 0 Å². The van der Waals surface area contributed by atoms with Crippen LogP contribution in [0.15, 0.2) is 42.5 Å². The fourth-order valence-corrected chi connectivity index (χ4v) is 5.78. The molecule has 5 rings (SSSR count). The largest absolute Gasteiger partial charge is 0.477 e. The molecule has 3 heterocycles. The molecule has 0 bridgehead atoms. The molecule has 2 aliphatic heterocycles. The van der Waals surface area contributed by atoms with E-state index in [9.17, 15) is 28.3 Å². The highest BCUT2D eigenvalue weighted by molar-refractivity contribution is 7.15. The van der Waals surface area contributed by atoms with E-state index in [1.54, 1.807) is 6.07 Å². The quantitative estimate of drug-likeness (QED) is 0.631. The lowest BCUT2D eigenvalue weighted by atomic mass is 9.74. The van der Waals surface area contributed by atoms with Crippen LogP contribution in [0.5, 0.6) is 0 Å². The summed E-state index contributed by atoms with van der Waals surface area (Å²) in [6.45, 7) is 0. The average Bonchev–Trinajstić information content (AvgIpc) is 3.20. The van der Waals surface area contributed by atoms with E-state index in [2.05, 4.69) is 5.32 Å². The molecule has 1 aromatic heterocycles. The van der Waals surface area contributed by atoms with Crippen molar-refractivity contribution in [3.8, 4) is 11.1 Å². The Morgan fingerprint density at radius 3 is 2.65 bits per heavy atom. The number of thiophene rings is 1. The number of carboxylic acids is 1. The monoisotopic (exact) mass is 440 g/mol. The first-order valence-electron chi connectivity index (χ1n) is 9.29. The Bertz CT molecular complexity index is 1320. The molecule has 0 aliphatic carbocycles. The highest BCUT2D eigenvalue weighted by Crippen LogP contribution is 2.57. The predicted octanol–water partition coefficient (Wildman–Crippen LogP) is 4.00. The van der Waals surface area contributed by atoms with Crippen molar-refractivity contribution in [2.45, 2.75) is 11.8 Å². The number of carbonyl (C=O) groups excluding carboxylic acids is 2. The van der Waals surface area contributed by atoms with Gasteiger partial charge in [-0.25, -0.2) is 13.6 Å². The Kier molecular flexibility index (Phi) is 4.03. The summed E-state index contributed by atoms with van der Waals surface area (Å²) >= 11 is 0.823. The fraction of sp³-hybridized carbons (Fsp3) is 0.136. The van der Waals surface area contributed by atoms with Crippen LogP contribution in [0.4, 0.5) is 20.2 Å². The molecule has 2 amide bonds. The molecule has 1 spiro atoms. The SMILES string of the molecule is CN1C(=O)C2(CC(=O)Nc3c2sc(C(=O)O)c3-c2ccccc2F)c2ccc(F)cc21. The standard InChI is InChI=1S/C22H14F2N2O4S/c1-26-14-8-10(23)6-7-12(14)22(21(26)30)9-15(27)25-17-16(11-4-2-3-5-13(11)24)18(20(28)29)31-19(17)22/h2-8H,9H2,1H3,(H,25,27)(H,28,29). The summed E-state index contributed by atoms with van der Waals surface area (Å²) in [5.41, 5.74) is -0.660. The number of carboxylic acid groups (broad SMARTS) is 1. The molecule has 6 nitrogen and oxygen atoms in total. The Morgan fingerprint density at radius 1 is 1.19 bits per heavy atom. The van der Waals surface area contributed by atoms with Gasteiger partial charge in [-0.05, 0) is 23.8 Å². The second-order valence-corrected chi connectivity index (χ2v) is 8.47. The molecular formula is C22H14F2N2O4S. The van der Waals surface area contributed by atoms with Crippen molar-refractivity contribution in [2.75, 3.05) is 17.3 Å². The maximum Gasteiger partial charge on any atom is 0.346 e. The van der Waals surface area contributed by atoms with Gasteiger partial charge in [0.15, 0.2) is 0 Å². The predicted molar refractivity (Wildman–Crippen MR) is 111 cm³/mol. The molecule has 2 N–H and O–H groups in total. The maximum atomic E-state index is 14.6. The molecule has 0 saturated carbocycles. The van der Waals surface area contributed by atoms with Crippen LogP contribution in [0.3, 0.4) is 0 Å². The summed E-state index contributed by atoms with van der Waals surface area (Å²) in [6, 6.07) is 9.48. The van der Waals surface area contributed by atoms with Crippen LogP contribution in [-0.4, -0.2) is 29.9 Å². The minimum atomic E-state index is -1.51. The summed E-state index contributed by atoms with van der Waals surface area (Å²) in [7, 11) is 1.48. The van der Waals surface area contributed by atoms with Crippen molar-refractivity contribution in [1.29, 1.82) is 0 Å². The van der Waals surface area contributed by atoms with Gasteiger partial charge < -0.3 is 15.3 Å². The van der Waals surface area contributed by atoms with E-state index in [-0.39, 0.29) is 28.1 Å². The molecule has 1 atom stereocenters. The number of rotatable bonds is 2. The summed E-state index contributed by atoms with van der Waals surface area (Å²) in [4.78, 5) is 39.7. The third kappa shape index (κ3) is 2.50. The highest BCUT2D eigenvalue weighted by Gasteiger charge is 2.57. The lowest BCUT2D eigenvalue weighted by Gasteiger charge is -2.32. The van der Waals surface area contributed by atoms with E-state index in [0.717, 1.165) is 11.3 Å². The van der Waals surface area contributed by atoms with Gasteiger partial charge in [-0.1, -0.05) is 24.3 Å². The number of carbonyl (C=O) groups is 3. The van der Waals surface area contributed by atoms with Gasteiger partial charge in [0.2, 0.25) is 11.8 Å². The molecule has 2 aliphatic rings. The first-order chi connectivity index (χ1) is 14.8. The molecule has 9 heteroatoms. The number of hydrogen-bond acceptors (Lipinski definition) is 4. The molecule has 31 heavy (non-hydrogen) atoms. The smallest absolute Gasteiger partial charge is 0.346 e. The van der Waals surface area contributed by atoms with E-state index < -0.39 is 34.8 Å². The second-order valence-electron chi connectivity index (χ2n) is 7.45. The van der Waals surface area contributed by atoms with Crippen LogP contribution in [-0.2, 0) is 15.0 Å². The van der Waals surface area contributed by atoms with Gasteiger partial charge in [0.1, 0.15) is 21.9 Å². The number of halogens is 2. The van der Waals surface area contributed by atoms with Crippen LogP contribution in [0, 0.1) is 11.6 Å². The maximum absolute atomic E-state index is 14.6. The van der Waals surface area contributed by atoms with Gasteiger partial charge in [-0.15, -0.1) is 11.3 Å². The van der Waals surface area contributed by atoms with E-state index >= 15 is 0 Å². The highest BCUT2D eigenvalue weighted by atomic mass is 32.1. The Hall–Kier alpha value is -3.59. The second kappa shape index (κ2) is 6.45. The number of fused-ring (bicyclic) bond motifs is 4. The molecule has 0 fully saturated rings. The van der Waals surface area contributed by atoms with Crippen molar-refractivity contribution in [3.05, 3.63) is 69.4 Å². The molecule has 2 aromatic carbocycles. The van der Waals surface area contributed by atoms with Gasteiger partial charge in [0.05, 0.1) is 22.7 Å². The van der Waals surface area contributed by atoms with Gasteiger partial charge >= 0.3 is 5.97 Å². The van der Waals surface area contributed by atoms with Crippen molar-refractivity contribution < 1.29 is 28.3 Å². The molecule has 0 radical (unpaired) electrons. The first kappa shape index (κ1) is 19.4. The number of nitrogens with one attached hydrogen (secondary N) is 1. The summed E-state index contributed by atoms with van der Waals surface area (Å²) < 4.78 is 28.5. The summed E-state index contributed by atoms with van der Waals surface area (Å²) in [5.74, 6) is -3.49. The number of nitrogens with zero attached hydrogens (tertiary/aromatic N) is 1. The van der Waals surface area contributed by atoms with E-state index in [1.807, 2.05) is 0 Å². The van der Waals surface area contributed by atoms with Crippen LogP contribution in [0.2, 0.25) is 0 Å². The zero-order valence-corrected chi connectivity index (χ0v) is 16.8. The zero-order valence-electron chi connectivity index (χ0n) is 16.0. The number of likely N-dealkylation sites (N-methyl/N-ethyl adjacent to an activating group) is 1. The summed E-state index contributed by atoms with van der Waals surface area (Å²) in [6.07, 6.45) is -0.266. The molecule has 156 valence electrons. The molecule has 3 aromatic rings. The summed E-state index contributed by atoms with van der Waals surface area (Å²) in [5, 5.41) is 12.5. The number of hydrogen-bond donors (Lipinski definition) is 2. The van der Waals surface area contributed by atoms with Crippen LogP contribution < -0.4 is 10.2 Å². The van der Waals surface area contributed by atoms with Gasteiger partial charge in [0.25, 0.3) is 0 Å². The first-order valence-corrected chi connectivity index (χ1v) is 10.1. The third-order valence-corrected chi connectivity index (χ3v) is 7.11. The Morgan fingerprint density at radius 2 is 1.94 bits per heavy atom. The lowest BCUT2D eigenvalue weighted by Crippen LogP contribution is -2.45. The van der Waals surface area contributed by atoms with Gasteiger partial charge in [0, 0.05) is 18.2 Å². The zero-order chi connectivity index (χ0) is 22.1. The topological polar surface area (TPSA) is 86.7 Å². The van der Waals surface area contributed by atoms with Crippen LogP contribution >= 0.6 is 11.3 Å². The van der Waals surface area contributed by atoms with Gasteiger partial charge in [-0.2, -0.15) is 0 Å². The number of aromatic carboxylic acids is 1. The van der Waals surface area contributed by atoms with Crippen molar-refractivity contribution in [1.82, 2.24) is 0 Å². The minimum absolute atomic E-state index is 0.00730. The van der Waals surface area contributed by atoms with Crippen molar-refractivity contribution in [3.63, 3.8) is 0 Å². The van der Waals surface area contributed by atoms with Crippen LogP contribution in [0.1, 0.15) is 26.5 Å². The van der Waals surface area contributed by atoms with E-state index in [4.69, 9.17) is 0 Å². The third-order valence-electron chi connectivity index (χ3n) is 5.77. The number of benzene rings is 2. The number of amides is 2. The van der Waals surface area contributed by atoms with Crippen molar-refractivity contribution >= 4 is 40.5 Å². The number of anilines is 2. The fourth-order valence-electron chi connectivity index (χ4n) is 4.47.